The van der Waals surface area contributed by atoms with Crippen molar-refractivity contribution < 1.29 is 41.5 Å². The number of benzene rings is 1. The van der Waals surface area contributed by atoms with Crippen LogP contribution in [-0.2, 0) is 19.2 Å². The van der Waals surface area contributed by atoms with Crippen molar-refractivity contribution in [1.29, 1.82) is 0 Å². The molecule has 2 heterocycles. The Morgan fingerprint density at radius 3 is 2.54 bits per heavy atom. The largest absolute Gasteiger partial charge is 0.493 e. The van der Waals surface area contributed by atoms with E-state index in [4.69, 9.17) is 26.8 Å². The average Bonchev–Trinajstić information content (AvgIpc) is 3.18. The molecule has 0 unspecified atom stereocenters. The van der Waals surface area contributed by atoms with E-state index in [9.17, 15) is 27.2 Å². The third-order valence-corrected chi connectivity index (χ3v) is 4.75. The van der Waals surface area contributed by atoms with E-state index < -0.39 is 48.7 Å². The molecule has 2 saturated heterocycles. The van der Waals surface area contributed by atoms with Crippen molar-refractivity contribution in [2.75, 3.05) is 6.61 Å². The lowest BCUT2D eigenvalue weighted by Crippen LogP contribution is -2.52. The first-order valence-corrected chi connectivity index (χ1v) is 8.54. The molecule has 1 amide bonds. The van der Waals surface area contributed by atoms with E-state index in [0.717, 1.165) is 6.07 Å². The van der Waals surface area contributed by atoms with Crippen molar-refractivity contribution in [3.8, 4) is 5.75 Å². The van der Waals surface area contributed by atoms with E-state index in [0.29, 0.717) is 11.5 Å². The Bertz CT molecular complexity index is 776. The normalized spacial score (nSPS) is 26.2. The molecule has 12 heteroatoms. The van der Waals surface area contributed by atoms with Crippen molar-refractivity contribution in [2.24, 2.45) is 5.73 Å². The van der Waals surface area contributed by atoms with Gasteiger partial charge in [0.15, 0.2) is 6.61 Å². The maximum atomic E-state index is 13.4. The lowest BCUT2D eigenvalue weighted by molar-refractivity contribution is -0.246. The highest BCUT2D eigenvalue weighted by Gasteiger charge is 2.52. The molecule has 4 atom stereocenters. The Morgan fingerprint density at radius 1 is 1.29 bits per heavy atom. The highest BCUT2D eigenvalue weighted by atomic mass is 35.5. The van der Waals surface area contributed by atoms with Gasteiger partial charge >= 0.3 is 12.1 Å². The molecule has 3 rings (SSSR count). The molecule has 7 nitrogen and oxygen atoms in total. The molecule has 1 aromatic carbocycles. The molecule has 2 aliphatic heterocycles. The molecule has 2 bridgehead atoms. The van der Waals surface area contributed by atoms with Crippen molar-refractivity contribution in [2.45, 2.75) is 43.3 Å². The number of nitrogens with zero attached hydrogens (tertiary/aromatic N) is 1. The summed E-state index contributed by atoms with van der Waals surface area (Å²) in [6.45, 7) is -0.799. The maximum absolute atomic E-state index is 13.4. The van der Waals surface area contributed by atoms with Crippen LogP contribution in [0.15, 0.2) is 18.2 Å². The fraction of sp³-hybridized carbons (Fsp3) is 0.500. The van der Waals surface area contributed by atoms with Crippen molar-refractivity contribution in [1.82, 2.24) is 5.06 Å². The smallest absolute Gasteiger partial charge is 0.484 e. The second kappa shape index (κ2) is 7.72. The molecule has 0 aliphatic carbocycles. The Labute approximate surface area is 161 Å². The number of hydroxylamine groups is 2. The molecular formula is C16H15ClF4N2O5. The first-order chi connectivity index (χ1) is 13.1. The molecule has 2 aliphatic rings. The number of carbonyl (C=O) groups excluding carboxylic acids is 2. The summed E-state index contributed by atoms with van der Waals surface area (Å²) in [6, 6.07) is 2.11. The van der Waals surface area contributed by atoms with Gasteiger partial charge in [-0.2, -0.15) is 18.2 Å². The van der Waals surface area contributed by atoms with Crippen LogP contribution in [0.25, 0.3) is 0 Å². The van der Waals surface area contributed by atoms with E-state index in [1.54, 1.807) is 0 Å². The summed E-state index contributed by atoms with van der Waals surface area (Å²) in [5.74, 6) is -4.50. The zero-order chi connectivity index (χ0) is 20.6. The topological polar surface area (TPSA) is 91.1 Å². The van der Waals surface area contributed by atoms with Crippen LogP contribution in [0.2, 0.25) is 5.02 Å². The number of ether oxygens (including phenoxy) is 2. The monoisotopic (exact) mass is 426 g/mol. The molecule has 154 valence electrons. The number of hydrogen-bond acceptors (Lipinski definition) is 6. The van der Waals surface area contributed by atoms with Crippen LogP contribution >= 0.6 is 11.6 Å². The van der Waals surface area contributed by atoms with Gasteiger partial charge in [0.1, 0.15) is 11.6 Å². The number of fused-ring (bicyclic) bond motifs is 2. The Kier molecular flexibility index (Phi) is 5.69. The predicted molar refractivity (Wildman–Crippen MR) is 85.6 cm³/mol. The van der Waals surface area contributed by atoms with Gasteiger partial charge in [0.2, 0.25) is 0 Å². The minimum Gasteiger partial charge on any atom is -0.484 e. The number of rotatable bonds is 4. The minimum absolute atomic E-state index is 0.0800. The Morgan fingerprint density at radius 2 is 2.00 bits per heavy atom. The van der Waals surface area contributed by atoms with E-state index >= 15 is 0 Å². The van der Waals surface area contributed by atoms with Crippen molar-refractivity contribution in [3.63, 3.8) is 0 Å². The van der Waals surface area contributed by atoms with Crippen LogP contribution in [0.3, 0.4) is 0 Å². The summed E-state index contributed by atoms with van der Waals surface area (Å²) in [4.78, 5) is 28.0. The SMILES string of the molecule is N[C@@H]1C[C@@H]2O[C@H]1C[C@H]2N(OC(=O)C(F)(F)F)C(=O)COc1ccc(Cl)c(F)c1. The van der Waals surface area contributed by atoms with Gasteiger partial charge in [-0.05, 0) is 18.6 Å². The highest BCUT2D eigenvalue weighted by Crippen LogP contribution is 2.37. The molecule has 1 aromatic rings. The van der Waals surface area contributed by atoms with Gasteiger partial charge in [0, 0.05) is 18.5 Å². The van der Waals surface area contributed by atoms with Crippen molar-refractivity contribution >= 4 is 23.5 Å². The number of nitrogens with two attached hydrogens (primary N) is 1. The van der Waals surface area contributed by atoms with Gasteiger partial charge in [-0.3, -0.25) is 4.79 Å². The third kappa shape index (κ3) is 4.31. The summed E-state index contributed by atoms with van der Waals surface area (Å²) in [5, 5.41) is 0.147. The maximum Gasteiger partial charge on any atom is 0.493 e. The Balaban J connectivity index is 1.71. The third-order valence-electron chi connectivity index (χ3n) is 4.45. The first-order valence-electron chi connectivity index (χ1n) is 8.16. The second-order valence-electron chi connectivity index (χ2n) is 6.38. The molecular weight excluding hydrogens is 412 g/mol. The summed E-state index contributed by atoms with van der Waals surface area (Å²) in [5.41, 5.74) is 5.80. The van der Waals surface area contributed by atoms with Crippen LogP contribution in [0.4, 0.5) is 17.6 Å². The van der Waals surface area contributed by atoms with Gasteiger partial charge in [-0.1, -0.05) is 11.6 Å². The number of hydrogen-bond donors (Lipinski definition) is 1. The average molecular weight is 427 g/mol. The van der Waals surface area contributed by atoms with Gasteiger partial charge < -0.3 is 20.0 Å². The van der Waals surface area contributed by atoms with E-state index in [-0.39, 0.29) is 23.2 Å². The van der Waals surface area contributed by atoms with Gasteiger partial charge in [-0.25, -0.2) is 9.18 Å². The molecule has 0 saturated carbocycles. The fourth-order valence-corrected chi connectivity index (χ4v) is 3.25. The second-order valence-corrected chi connectivity index (χ2v) is 6.78. The highest BCUT2D eigenvalue weighted by molar-refractivity contribution is 6.30. The Hall–Kier alpha value is -2.11. The summed E-state index contributed by atoms with van der Waals surface area (Å²) in [6.07, 6.45) is -6.02. The minimum atomic E-state index is -5.30. The van der Waals surface area contributed by atoms with E-state index in [1.807, 2.05) is 0 Å². The molecule has 2 fully saturated rings. The lowest BCUT2D eigenvalue weighted by Gasteiger charge is -2.32. The number of carbonyl (C=O) groups is 2. The quantitative estimate of drug-likeness (QED) is 0.584. The molecule has 0 aromatic heterocycles. The van der Waals surface area contributed by atoms with Crippen LogP contribution in [-0.4, -0.2) is 54.0 Å². The fourth-order valence-electron chi connectivity index (χ4n) is 3.14. The van der Waals surface area contributed by atoms with Crippen LogP contribution < -0.4 is 10.5 Å². The summed E-state index contributed by atoms with van der Waals surface area (Å²) < 4.78 is 61.8. The predicted octanol–water partition coefficient (Wildman–Crippen LogP) is 1.96. The lowest BCUT2D eigenvalue weighted by atomic mass is 9.91. The van der Waals surface area contributed by atoms with Gasteiger partial charge in [-0.15, -0.1) is 0 Å². The van der Waals surface area contributed by atoms with Crippen LogP contribution in [0, 0.1) is 5.82 Å². The molecule has 0 spiro atoms. The van der Waals surface area contributed by atoms with Gasteiger partial charge in [0.05, 0.1) is 23.3 Å². The summed E-state index contributed by atoms with van der Waals surface area (Å²) >= 11 is 5.53. The van der Waals surface area contributed by atoms with Crippen molar-refractivity contribution in [3.05, 3.63) is 29.0 Å². The molecule has 0 radical (unpaired) electrons. The van der Waals surface area contributed by atoms with E-state index in [1.165, 1.54) is 12.1 Å². The zero-order valence-corrected chi connectivity index (χ0v) is 14.9. The molecule has 2 N–H and O–H groups in total. The standard InChI is InChI=1S/C16H15ClF4N2O5/c17-8-2-1-7(3-9(8)18)26-6-14(24)23(28-15(25)16(19,20)21)11-5-12-10(22)4-13(11)27-12/h1-3,10-13H,4-6,22H2/t10-,11-,12+,13+/m1/s1. The molecule has 28 heavy (non-hydrogen) atoms. The number of alkyl halides is 3. The van der Waals surface area contributed by atoms with Gasteiger partial charge in [0.25, 0.3) is 5.91 Å². The number of amides is 1. The van der Waals surface area contributed by atoms with E-state index in [2.05, 4.69) is 4.84 Å². The zero-order valence-electron chi connectivity index (χ0n) is 14.1. The number of halogens is 5. The first kappa shape index (κ1) is 20.6. The van der Waals surface area contributed by atoms with Crippen LogP contribution in [0.1, 0.15) is 12.8 Å². The van der Waals surface area contributed by atoms with Crippen LogP contribution in [0.5, 0.6) is 5.75 Å². The summed E-state index contributed by atoms with van der Waals surface area (Å²) in [7, 11) is 0.